The second-order valence-electron chi connectivity index (χ2n) is 8.86. The minimum Gasteiger partial charge on any atom is -0.340 e. The predicted octanol–water partition coefficient (Wildman–Crippen LogP) is 8.95. The average Bonchev–Trinajstić information content (AvgIpc) is 2.89. The molecule has 5 nitrogen and oxygen atoms in total. The predicted molar refractivity (Wildman–Crippen MR) is 142 cm³/mol. The van der Waals surface area contributed by atoms with E-state index in [1.54, 1.807) is 5.32 Å². The average molecular weight is 704 g/mol. The van der Waals surface area contributed by atoms with Crippen LogP contribution in [0.1, 0.15) is 39.9 Å². The summed E-state index contributed by atoms with van der Waals surface area (Å²) in [4.78, 5) is 29.7. The number of benzene rings is 2. The molecule has 1 N–H and O–H groups in total. The van der Waals surface area contributed by atoms with E-state index in [-0.39, 0.29) is 22.2 Å². The quantitative estimate of drug-likeness (QED) is 0.116. The van der Waals surface area contributed by atoms with E-state index < -0.39 is 93.6 Å². The van der Waals surface area contributed by atoms with Crippen LogP contribution in [-0.4, -0.2) is 48.4 Å². The normalized spacial score (nSPS) is 14.2. The molecule has 2 aromatic rings. The topological polar surface area (TPSA) is 58.6 Å². The summed E-state index contributed by atoms with van der Waals surface area (Å²) in [6, 6.07) is 0.642. The van der Waals surface area contributed by atoms with Crippen molar-refractivity contribution in [1.29, 1.82) is 0 Å². The lowest BCUT2D eigenvalue weighted by Gasteiger charge is -2.26. The van der Waals surface area contributed by atoms with Crippen LogP contribution in [-0.2, 0) is 15.8 Å². The molecule has 2 unspecified atom stereocenters. The highest BCUT2D eigenvalue weighted by Crippen LogP contribution is 2.43. The summed E-state index contributed by atoms with van der Waals surface area (Å²) >= 11 is 17.3. The van der Waals surface area contributed by atoms with Crippen LogP contribution in [0.25, 0.3) is 5.83 Å². The zero-order valence-corrected chi connectivity index (χ0v) is 24.2. The SMILES string of the molecule is C=CCON(CC(F)(F)F)C(=O)C(C)NC(=O)c1ccc(/C(F)=C/C(c2cc(Cl)c(Cl)c(Cl)c2)C(F)(F)F)cc1C(F)(F)F. The van der Waals surface area contributed by atoms with Gasteiger partial charge in [0.05, 0.1) is 32.8 Å². The molecule has 0 saturated heterocycles. The van der Waals surface area contributed by atoms with Crippen LogP contribution >= 0.6 is 34.8 Å². The van der Waals surface area contributed by atoms with E-state index in [0.717, 1.165) is 25.1 Å². The number of nitrogens with one attached hydrogen (secondary N) is 1. The molecule has 0 aliphatic rings. The molecule has 2 aromatic carbocycles. The van der Waals surface area contributed by atoms with Gasteiger partial charge >= 0.3 is 18.5 Å². The third kappa shape index (κ3) is 10.0. The van der Waals surface area contributed by atoms with E-state index in [4.69, 9.17) is 34.8 Å². The standard InChI is InChI=1S/C26H19Cl3F10N2O3/c1-3-6-44-41(11-24(31,32)33)23(43)12(2)40-22(42)15-5-4-13(7-17(15)26(37,38)39)20(30)10-16(25(34,35)36)14-8-18(27)21(29)19(28)9-14/h3-5,7-10,12,16H,1,6,11H2,2H3,(H,40,42)/b20-10-. The lowest BCUT2D eigenvalue weighted by Crippen LogP contribution is -2.49. The van der Waals surface area contributed by atoms with Crippen molar-refractivity contribution in [2.24, 2.45) is 0 Å². The maximum atomic E-state index is 15.1. The molecule has 44 heavy (non-hydrogen) atoms. The maximum Gasteiger partial charge on any atom is 0.417 e. The largest absolute Gasteiger partial charge is 0.417 e. The van der Waals surface area contributed by atoms with E-state index in [1.165, 1.54) is 0 Å². The minimum absolute atomic E-state index is 0.0373. The number of rotatable bonds is 10. The zero-order chi connectivity index (χ0) is 33.8. The van der Waals surface area contributed by atoms with Gasteiger partial charge in [0.1, 0.15) is 24.3 Å². The van der Waals surface area contributed by atoms with Gasteiger partial charge < -0.3 is 5.32 Å². The lowest BCUT2D eigenvalue weighted by molar-refractivity contribution is -0.230. The zero-order valence-electron chi connectivity index (χ0n) is 21.9. The summed E-state index contributed by atoms with van der Waals surface area (Å²) in [6.07, 6.45) is -14.5. The van der Waals surface area contributed by atoms with Crippen molar-refractivity contribution in [1.82, 2.24) is 10.4 Å². The molecule has 2 amide bonds. The smallest absolute Gasteiger partial charge is 0.340 e. The number of amides is 2. The number of halogens is 13. The molecule has 0 heterocycles. The van der Waals surface area contributed by atoms with Crippen LogP contribution in [0.3, 0.4) is 0 Å². The van der Waals surface area contributed by atoms with Gasteiger partial charge in [-0.1, -0.05) is 46.9 Å². The molecule has 0 saturated carbocycles. The van der Waals surface area contributed by atoms with E-state index in [2.05, 4.69) is 11.4 Å². The molecule has 18 heteroatoms. The number of hydrogen-bond donors (Lipinski definition) is 1. The molecule has 0 aromatic heterocycles. The van der Waals surface area contributed by atoms with Gasteiger partial charge in [-0.3, -0.25) is 14.4 Å². The van der Waals surface area contributed by atoms with Crippen LogP contribution in [0.15, 0.2) is 49.1 Å². The Balaban J connectivity index is 2.47. The Bertz CT molecular complexity index is 1400. The van der Waals surface area contributed by atoms with Crippen molar-refractivity contribution >= 4 is 52.4 Å². The van der Waals surface area contributed by atoms with E-state index in [0.29, 0.717) is 12.1 Å². The first-order valence-electron chi connectivity index (χ1n) is 11.8. The molecule has 0 radical (unpaired) electrons. The molecule has 0 spiro atoms. The van der Waals surface area contributed by atoms with Gasteiger partial charge in [-0.15, -0.1) is 6.58 Å². The first-order chi connectivity index (χ1) is 20.1. The highest BCUT2D eigenvalue weighted by molar-refractivity contribution is 6.48. The van der Waals surface area contributed by atoms with Gasteiger partial charge in [-0.25, -0.2) is 9.45 Å². The summed E-state index contributed by atoms with van der Waals surface area (Å²) < 4.78 is 137. The van der Waals surface area contributed by atoms with Gasteiger partial charge in [-0.2, -0.15) is 39.5 Å². The fraction of sp³-hybridized carbons (Fsp3) is 0.308. The van der Waals surface area contributed by atoms with E-state index >= 15 is 4.39 Å². The summed E-state index contributed by atoms with van der Waals surface area (Å²) in [5.74, 6) is -7.64. The summed E-state index contributed by atoms with van der Waals surface area (Å²) in [5, 5.41) is 0.515. The van der Waals surface area contributed by atoms with E-state index in [1.807, 2.05) is 0 Å². The van der Waals surface area contributed by atoms with Crippen molar-refractivity contribution in [2.45, 2.75) is 37.4 Å². The first kappa shape index (κ1) is 37.2. The summed E-state index contributed by atoms with van der Waals surface area (Å²) in [7, 11) is 0. The van der Waals surface area contributed by atoms with Crippen LogP contribution in [0, 0.1) is 0 Å². The highest BCUT2D eigenvalue weighted by Gasteiger charge is 2.41. The van der Waals surface area contributed by atoms with Crippen LogP contribution in [0.5, 0.6) is 0 Å². The third-order valence-corrected chi connectivity index (χ3v) is 6.71. The Morgan fingerprint density at radius 3 is 2.05 bits per heavy atom. The van der Waals surface area contributed by atoms with Crippen molar-refractivity contribution in [3.05, 3.63) is 86.4 Å². The molecule has 0 aliphatic heterocycles. The second kappa shape index (κ2) is 14.4. The van der Waals surface area contributed by atoms with Gasteiger partial charge in [0.15, 0.2) is 0 Å². The number of nitrogens with zero attached hydrogens (tertiary/aromatic N) is 1. The fourth-order valence-corrected chi connectivity index (χ4v) is 4.16. The highest BCUT2D eigenvalue weighted by atomic mass is 35.5. The van der Waals surface area contributed by atoms with Crippen LogP contribution in [0.2, 0.25) is 15.1 Å². The molecule has 2 rings (SSSR count). The molecule has 2 atom stereocenters. The van der Waals surface area contributed by atoms with Crippen LogP contribution < -0.4 is 5.32 Å². The Morgan fingerprint density at radius 1 is 1.00 bits per heavy atom. The van der Waals surface area contributed by atoms with Crippen molar-refractivity contribution < 1.29 is 58.3 Å². The first-order valence-corrected chi connectivity index (χ1v) is 12.9. The molecule has 0 bridgehead atoms. The van der Waals surface area contributed by atoms with Crippen LogP contribution in [0.4, 0.5) is 43.9 Å². The third-order valence-electron chi connectivity index (χ3n) is 5.51. The Hall–Kier alpha value is -3.01. The van der Waals surface area contributed by atoms with Gasteiger partial charge in [0.2, 0.25) is 0 Å². The van der Waals surface area contributed by atoms with Crippen molar-refractivity contribution in [3.63, 3.8) is 0 Å². The molecule has 0 aliphatic carbocycles. The Kier molecular flexibility index (Phi) is 12.2. The number of carbonyl (C=O) groups is 2. The number of hydroxylamine groups is 2. The molecule has 0 fully saturated rings. The number of carbonyl (C=O) groups excluding carboxylic acids is 2. The van der Waals surface area contributed by atoms with Gasteiger partial charge in [0, 0.05) is 5.56 Å². The number of hydrogen-bond acceptors (Lipinski definition) is 3. The maximum absolute atomic E-state index is 15.1. The van der Waals surface area contributed by atoms with Gasteiger partial charge in [0.25, 0.3) is 11.8 Å². The second-order valence-corrected chi connectivity index (χ2v) is 10.1. The molecule has 242 valence electrons. The monoisotopic (exact) mass is 702 g/mol. The Labute approximate surface area is 257 Å². The number of alkyl halides is 9. The fourth-order valence-electron chi connectivity index (χ4n) is 3.55. The van der Waals surface area contributed by atoms with Crippen molar-refractivity contribution in [2.75, 3.05) is 13.2 Å². The molecular weight excluding hydrogens is 685 g/mol. The number of allylic oxidation sites excluding steroid dienone is 1. The Morgan fingerprint density at radius 2 is 1.57 bits per heavy atom. The van der Waals surface area contributed by atoms with Crippen molar-refractivity contribution in [3.8, 4) is 0 Å². The molecular formula is C26H19Cl3F10N2O3. The summed E-state index contributed by atoms with van der Waals surface area (Å²) in [5.41, 5.74) is -4.75. The minimum atomic E-state index is -5.38. The van der Waals surface area contributed by atoms with Gasteiger partial charge in [-0.05, 0) is 42.8 Å². The van der Waals surface area contributed by atoms with E-state index in [9.17, 15) is 49.1 Å². The summed E-state index contributed by atoms with van der Waals surface area (Å²) in [6.45, 7) is 1.57. The lowest BCUT2D eigenvalue weighted by atomic mass is 9.95.